The van der Waals surface area contributed by atoms with E-state index in [-0.39, 0.29) is 5.75 Å². The molecule has 0 saturated heterocycles. The molecule has 2 atom stereocenters. The first kappa shape index (κ1) is 28.6. The van der Waals surface area contributed by atoms with Crippen LogP contribution in [0.1, 0.15) is 44.9 Å². The van der Waals surface area contributed by atoms with Gasteiger partial charge in [0.15, 0.2) is 0 Å². The molecule has 7 nitrogen and oxygen atoms in total. The number of hydrogen-bond donors (Lipinski definition) is 3. The van der Waals surface area contributed by atoms with Gasteiger partial charge in [-0.2, -0.15) is 12.6 Å². The average molecular weight is 532 g/mol. The third kappa shape index (κ3) is 7.30. The smallest absolute Gasteiger partial charge is 0.408 e. The first-order chi connectivity index (χ1) is 18.1. The molecule has 3 amide bonds. The van der Waals surface area contributed by atoms with Crippen molar-refractivity contribution >= 4 is 47.0 Å². The Labute approximate surface area is 229 Å². The van der Waals surface area contributed by atoms with Gasteiger partial charge in [0.1, 0.15) is 17.7 Å². The van der Waals surface area contributed by atoms with E-state index in [0.29, 0.717) is 11.3 Å². The highest BCUT2D eigenvalue weighted by molar-refractivity contribution is 7.80. The standard InChI is InChI=1S/C30H33N3O4S/c1-6-20-12-14-22(15-13-20)26(27(34)31-24-17-16-21-10-8-9-11-23(21)18-24)33(7-2)28(35)25(19-38)32-29(36)37-30(3,4)5/h2,8-18,25-26,38H,6,19H2,1,3-5H3,(H,31,34)(H,32,36). The van der Waals surface area contributed by atoms with Crippen molar-refractivity contribution < 1.29 is 19.1 Å². The Bertz CT molecular complexity index is 1340. The molecule has 3 aromatic carbocycles. The number of terminal acetylenes is 1. The number of anilines is 1. The maximum Gasteiger partial charge on any atom is 0.408 e. The quantitative estimate of drug-likeness (QED) is 0.208. The van der Waals surface area contributed by atoms with E-state index in [4.69, 9.17) is 11.2 Å². The van der Waals surface area contributed by atoms with Crippen molar-refractivity contribution in [2.24, 2.45) is 0 Å². The molecular weight excluding hydrogens is 498 g/mol. The third-order valence-corrected chi connectivity index (χ3v) is 6.14. The van der Waals surface area contributed by atoms with E-state index < -0.39 is 35.6 Å². The minimum Gasteiger partial charge on any atom is -0.444 e. The van der Waals surface area contributed by atoms with Crippen molar-refractivity contribution in [3.05, 3.63) is 77.9 Å². The molecule has 0 bridgehead atoms. The molecule has 198 valence electrons. The van der Waals surface area contributed by atoms with E-state index >= 15 is 0 Å². The number of aryl methyl sites for hydroxylation is 1. The van der Waals surface area contributed by atoms with Gasteiger partial charge in [-0.15, -0.1) is 0 Å². The molecule has 0 fully saturated rings. The first-order valence-corrected chi connectivity index (χ1v) is 13.0. The number of nitrogens with zero attached hydrogens (tertiary/aromatic N) is 1. The zero-order valence-electron chi connectivity index (χ0n) is 22.0. The number of fused-ring (bicyclic) bond motifs is 1. The van der Waals surface area contributed by atoms with Gasteiger partial charge in [-0.1, -0.05) is 67.9 Å². The van der Waals surface area contributed by atoms with Crippen LogP contribution in [0, 0.1) is 12.5 Å². The molecule has 0 heterocycles. The van der Waals surface area contributed by atoms with Gasteiger partial charge in [0.2, 0.25) is 0 Å². The van der Waals surface area contributed by atoms with Crippen molar-refractivity contribution in [3.8, 4) is 12.5 Å². The lowest BCUT2D eigenvalue weighted by molar-refractivity contribution is -0.136. The highest BCUT2D eigenvalue weighted by Crippen LogP contribution is 2.26. The number of benzene rings is 3. The van der Waals surface area contributed by atoms with E-state index in [9.17, 15) is 14.4 Å². The van der Waals surface area contributed by atoms with Crippen LogP contribution in [0.15, 0.2) is 66.7 Å². The molecule has 0 radical (unpaired) electrons. The Morgan fingerprint density at radius 2 is 1.68 bits per heavy atom. The van der Waals surface area contributed by atoms with Crippen molar-refractivity contribution in [1.82, 2.24) is 10.2 Å². The molecule has 0 aliphatic rings. The molecular formula is C30H33N3O4S. The number of hydrogen-bond acceptors (Lipinski definition) is 5. The average Bonchev–Trinajstić information content (AvgIpc) is 2.89. The number of ether oxygens (including phenoxy) is 1. The molecule has 8 heteroatoms. The molecule has 0 spiro atoms. The van der Waals surface area contributed by atoms with Crippen LogP contribution in [0.25, 0.3) is 10.8 Å². The largest absolute Gasteiger partial charge is 0.444 e. The molecule has 0 saturated carbocycles. The Hall–Kier alpha value is -3.96. The van der Waals surface area contributed by atoms with Gasteiger partial charge in [0.25, 0.3) is 11.8 Å². The summed E-state index contributed by atoms with van der Waals surface area (Å²) in [6.07, 6.45) is 5.83. The van der Waals surface area contributed by atoms with E-state index in [1.807, 2.05) is 55.5 Å². The van der Waals surface area contributed by atoms with Gasteiger partial charge in [-0.3, -0.25) is 14.5 Å². The summed E-state index contributed by atoms with van der Waals surface area (Å²) < 4.78 is 5.28. The van der Waals surface area contributed by atoms with Crippen LogP contribution in [0.2, 0.25) is 0 Å². The molecule has 2 unspecified atom stereocenters. The second kappa shape index (κ2) is 12.5. The highest BCUT2D eigenvalue weighted by atomic mass is 32.1. The van der Waals surface area contributed by atoms with Crippen LogP contribution in [0.3, 0.4) is 0 Å². The predicted octanol–water partition coefficient (Wildman–Crippen LogP) is 5.32. The van der Waals surface area contributed by atoms with Gasteiger partial charge in [-0.05, 0) is 61.2 Å². The zero-order valence-corrected chi connectivity index (χ0v) is 22.9. The summed E-state index contributed by atoms with van der Waals surface area (Å²) in [4.78, 5) is 40.6. The van der Waals surface area contributed by atoms with E-state index in [1.54, 1.807) is 39.0 Å². The fourth-order valence-corrected chi connectivity index (χ4v) is 4.15. The van der Waals surface area contributed by atoms with Crippen molar-refractivity contribution in [2.75, 3.05) is 11.1 Å². The van der Waals surface area contributed by atoms with Crippen molar-refractivity contribution in [3.63, 3.8) is 0 Å². The molecule has 3 aromatic rings. The van der Waals surface area contributed by atoms with Gasteiger partial charge >= 0.3 is 6.09 Å². The lowest BCUT2D eigenvalue weighted by Gasteiger charge is -2.30. The molecule has 0 aliphatic heterocycles. The topological polar surface area (TPSA) is 87.7 Å². The highest BCUT2D eigenvalue weighted by Gasteiger charge is 2.35. The van der Waals surface area contributed by atoms with Crippen LogP contribution in [-0.4, -0.2) is 40.2 Å². The number of carbonyl (C=O) groups excluding carboxylic acids is 3. The van der Waals surface area contributed by atoms with E-state index in [2.05, 4.69) is 29.3 Å². The zero-order chi connectivity index (χ0) is 27.9. The Balaban J connectivity index is 1.94. The Kier molecular flexibility index (Phi) is 9.43. The number of rotatable bonds is 8. The monoisotopic (exact) mass is 531 g/mol. The van der Waals surface area contributed by atoms with Crippen LogP contribution in [-0.2, 0) is 20.7 Å². The van der Waals surface area contributed by atoms with Crippen LogP contribution in [0.4, 0.5) is 10.5 Å². The van der Waals surface area contributed by atoms with Crippen molar-refractivity contribution in [2.45, 2.75) is 51.8 Å². The maximum absolute atomic E-state index is 13.7. The number of amides is 3. The predicted molar refractivity (Wildman–Crippen MR) is 154 cm³/mol. The third-order valence-electron chi connectivity index (χ3n) is 5.78. The first-order valence-electron chi connectivity index (χ1n) is 12.3. The molecule has 0 aromatic heterocycles. The summed E-state index contributed by atoms with van der Waals surface area (Å²) in [5.41, 5.74) is 1.40. The van der Waals surface area contributed by atoms with Gasteiger partial charge in [0.05, 0.1) is 0 Å². The normalized spacial score (nSPS) is 12.6. The minimum absolute atomic E-state index is 0.0515. The lowest BCUT2D eigenvalue weighted by Crippen LogP contribution is -2.51. The number of alkyl carbamates (subject to hydrolysis) is 1. The number of thiol groups is 1. The summed E-state index contributed by atoms with van der Waals surface area (Å²) >= 11 is 4.24. The Morgan fingerprint density at radius 3 is 2.26 bits per heavy atom. The summed E-state index contributed by atoms with van der Waals surface area (Å²) in [6.45, 7) is 7.16. The molecule has 3 rings (SSSR count). The molecule has 38 heavy (non-hydrogen) atoms. The fourth-order valence-electron chi connectivity index (χ4n) is 3.90. The SMILES string of the molecule is C#CN(C(=O)C(CS)NC(=O)OC(C)(C)C)C(C(=O)Nc1ccc2ccccc2c1)c1ccc(CC)cc1. The molecule has 0 aliphatic carbocycles. The van der Waals surface area contributed by atoms with E-state index in [1.165, 1.54) is 0 Å². The second-order valence-electron chi connectivity index (χ2n) is 9.77. The number of nitrogens with one attached hydrogen (secondary N) is 2. The summed E-state index contributed by atoms with van der Waals surface area (Å²) in [5, 5.41) is 7.40. The van der Waals surface area contributed by atoms with Crippen LogP contribution < -0.4 is 10.6 Å². The van der Waals surface area contributed by atoms with Gasteiger partial charge in [-0.25, -0.2) is 4.79 Å². The van der Waals surface area contributed by atoms with E-state index in [0.717, 1.165) is 27.7 Å². The molecule has 2 N–H and O–H groups in total. The lowest BCUT2D eigenvalue weighted by atomic mass is 10.0. The maximum atomic E-state index is 13.7. The van der Waals surface area contributed by atoms with Crippen LogP contribution >= 0.6 is 12.6 Å². The van der Waals surface area contributed by atoms with Gasteiger partial charge in [0, 0.05) is 17.5 Å². The van der Waals surface area contributed by atoms with Crippen molar-refractivity contribution in [1.29, 1.82) is 0 Å². The summed E-state index contributed by atoms with van der Waals surface area (Å²) in [5.74, 6) is -1.21. The Morgan fingerprint density at radius 1 is 1.03 bits per heavy atom. The number of carbonyl (C=O) groups is 3. The second-order valence-corrected chi connectivity index (χ2v) is 10.1. The fraction of sp³-hybridized carbons (Fsp3) is 0.300. The van der Waals surface area contributed by atoms with Gasteiger partial charge < -0.3 is 15.4 Å². The minimum atomic E-state index is -1.16. The summed E-state index contributed by atoms with van der Waals surface area (Å²) in [7, 11) is 0. The summed E-state index contributed by atoms with van der Waals surface area (Å²) in [6, 6.07) is 20.7. The van der Waals surface area contributed by atoms with Crippen LogP contribution in [0.5, 0.6) is 0 Å².